The van der Waals surface area contributed by atoms with Crippen LogP contribution < -0.4 is 0 Å². The number of rotatable bonds is 13. The molecule has 2 N–H and O–H groups in total. The number of hydrogen-bond acceptors (Lipinski definition) is 6. The van der Waals surface area contributed by atoms with Crippen molar-refractivity contribution in [3.8, 4) is 0 Å². The van der Waals surface area contributed by atoms with E-state index in [0.29, 0.717) is 24.7 Å². The zero-order chi connectivity index (χ0) is 17.2. The van der Waals surface area contributed by atoms with Crippen molar-refractivity contribution in [3.05, 3.63) is 0 Å². The van der Waals surface area contributed by atoms with Crippen molar-refractivity contribution >= 4 is 41.8 Å². The lowest BCUT2D eigenvalue weighted by molar-refractivity contribution is 0.473. The van der Waals surface area contributed by atoms with Crippen LogP contribution in [0.1, 0.15) is 39.5 Å². The van der Waals surface area contributed by atoms with E-state index in [0.717, 1.165) is 24.3 Å². The van der Waals surface area contributed by atoms with Gasteiger partial charge in [-0.2, -0.15) is 16.8 Å². The van der Waals surface area contributed by atoms with Gasteiger partial charge in [0.05, 0.1) is 11.5 Å². The van der Waals surface area contributed by atoms with Crippen molar-refractivity contribution in [3.63, 3.8) is 0 Å². The fraction of sp³-hybridized carbons (Fsp3) is 1.00. The summed E-state index contributed by atoms with van der Waals surface area (Å²) in [6.07, 6.45) is 2.46. The normalized spacial score (nSPS) is 15.6. The van der Waals surface area contributed by atoms with Gasteiger partial charge in [-0.15, -0.1) is 0 Å². The van der Waals surface area contributed by atoms with Gasteiger partial charge in [-0.3, -0.25) is 9.11 Å². The van der Waals surface area contributed by atoms with Crippen LogP contribution >= 0.6 is 21.6 Å². The van der Waals surface area contributed by atoms with E-state index in [9.17, 15) is 16.8 Å². The van der Waals surface area contributed by atoms with Crippen LogP contribution in [-0.4, -0.2) is 49.0 Å². The standard InChI is InChI=1S/C12H26O6S4/c1-11(5-3-7-21(13,14)15)9-19-20-10-12(2)6-4-8-22(16,17)18/h11-12H,3-10H2,1-2H3,(H,13,14,15)(H,16,17,18). The quantitative estimate of drug-likeness (QED) is 0.279. The van der Waals surface area contributed by atoms with Crippen molar-refractivity contribution in [2.45, 2.75) is 39.5 Å². The second-order valence-corrected chi connectivity index (χ2v) is 11.3. The summed E-state index contributed by atoms with van der Waals surface area (Å²) >= 11 is 0. The fourth-order valence-electron chi connectivity index (χ4n) is 1.72. The molecule has 134 valence electrons. The zero-order valence-electron chi connectivity index (χ0n) is 13.0. The molecule has 6 nitrogen and oxygen atoms in total. The molecule has 0 bridgehead atoms. The molecule has 0 saturated carbocycles. The molecule has 0 rings (SSSR count). The van der Waals surface area contributed by atoms with Crippen LogP contribution in [0.5, 0.6) is 0 Å². The van der Waals surface area contributed by atoms with Gasteiger partial charge >= 0.3 is 0 Å². The molecule has 0 spiro atoms. The first-order valence-electron chi connectivity index (χ1n) is 7.14. The third-order valence-corrected chi connectivity index (χ3v) is 7.49. The maximum absolute atomic E-state index is 10.6. The summed E-state index contributed by atoms with van der Waals surface area (Å²) in [4.78, 5) is 0. The van der Waals surface area contributed by atoms with E-state index in [1.807, 2.05) is 13.8 Å². The van der Waals surface area contributed by atoms with Gasteiger partial charge in [-0.25, -0.2) is 0 Å². The van der Waals surface area contributed by atoms with Crippen LogP contribution in [-0.2, 0) is 20.2 Å². The van der Waals surface area contributed by atoms with Crippen LogP contribution in [0.3, 0.4) is 0 Å². The lowest BCUT2D eigenvalue weighted by Gasteiger charge is -2.12. The van der Waals surface area contributed by atoms with Crippen molar-refractivity contribution in [2.75, 3.05) is 23.0 Å². The summed E-state index contributed by atoms with van der Waals surface area (Å²) in [7, 11) is -4.25. The summed E-state index contributed by atoms with van der Waals surface area (Å²) < 4.78 is 59.6. The van der Waals surface area contributed by atoms with E-state index in [2.05, 4.69) is 0 Å². The minimum absolute atomic E-state index is 0.181. The van der Waals surface area contributed by atoms with E-state index in [4.69, 9.17) is 9.11 Å². The molecule has 0 heterocycles. The maximum Gasteiger partial charge on any atom is 0.264 e. The Morgan fingerprint density at radius 2 is 1.09 bits per heavy atom. The van der Waals surface area contributed by atoms with Crippen LogP contribution in [0.4, 0.5) is 0 Å². The number of hydrogen-bond donors (Lipinski definition) is 2. The highest BCUT2D eigenvalue weighted by atomic mass is 33.1. The highest BCUT2D eigenvalue weighted by Gasteiger charge is 2.10. The van der Waals surface area contributed by atoms with E-state index >= 15 is 0 Å². The second kappa shape index (κ2) is 11.1. The molecule has 2 unspecified atom stereocenters. The summed E-state index contributed by atoms with van der Waals surface area (Å²) in [5.74, 6) is 2.23. The minimum Gasteiger partial charge on any atom is -0.286 e. The van der Waals surface area contributed by atoms with Crippen molar-refractivity contribution in [1.82, 2.24) is 0 Å². The van der Waals surface area contributed by atoms with Crippen LogP contribution in [0.25, 0.3) is 0 Å². The Kier molecular flexibility index (Phi) is 11.4. The van der Waals surface area contributed by atoms with Gasteiger partial charge in [0, 0.05) is 11.5 Å². The molecule has 0 aliphatic carbocycles. The van der Waals surface area contributed by atoms with Crippen molar-refractivity contribution in [2.24, 2.45) is 11.8 Å². The van der Waals surface area contributed by atoms with Crippen molar-refractivity contribution in [1.29, 1.82) is 0 Å². The molecule has 0 fully saturated rings. The van der Waals surface area contributed by atoms with Crippen LogP contribution in [0, 0.1) is 11.8 Å². The molecule has 0 aliphatic heterocycles. The predicted molar refractivity (Wildman–Crippen MR) is 94.5 cm³/mol. The van der Waals surface area contributed by atoms with E-state index in [1.165, 1.54) is 0 Å². The summed E-state index contributed by atoms with van der Waals surface area (Å²) in [5, 5.41) is 0. The molecule has 0 aromatic rings. The molecule has 0 saturated heterocycles. The fourth-order valence-corrected chi connectivity index (χ4v) is 5.75. The van der Waals surface area contributed by atoms with Gasteiger partial charge in [-0.1, -0.05) is 35.4 Å². The Morgan fingerprint density at radius 3 is 1.36 bits per heavy atom. The Bertz CT molecular complexity index is 442. The topological polar surface area (TPSA) is 109 Å². The summed E-state index contributed by atoms with van der Waals surface area (Å²) in [5.41, 5.74) is 0. The molecular formula is C12H26O6S4. The van der Waals surface area contributed by atoms with Gasteiger partial charge in [0.15, 0.2) is 0 Å². The van der Waals surface area contributed by atoms with Crippen LogP contribution in [0.15, 0.2) is 0 Å². The summed E-state index contributed by atoms with van der Waals surface area (Å²) in [6.45, 7) is 4.10. The van der Waals surface area contributed by atoms with Gasteiger partial charge in [0.2, 0.25) is 0 Å². The van der Waals surface area contributed by atoms with Crippen LogP contribution in [0.2, 0.25) is 0 Å². The molecule has 22 heavy (non-hydrogen) atoms. The van der Waals surface area contributed by atoms with Gasteiger partial charge < -0.3 is 0 Å². The average Bonchev–Trinajstić information content (AvgIpc) is 2.31. The van der Waals surface area contributed by atoms with Crippen molar-refractivity contribution < 1.29 is 25.9 Å². The Morgan fingerprint density at radius 1 is 0.773 bits per heavy atom. The van der Waals surface area contributed by atoms with E-state index in [-0.39, 0.29) is 11.5 Å². The first-order valence-corrected chi connectivity index (χ1v) is 12.8. The highest BCUT2D eigenvalue weighted by Crippen LogP contribution is 2.28. The molecule has 0 aromatic heterocycles. The maximum atomic E-state index is 10.6. The Labute approximate surface area is 142 Å². The first-order chi connectivity index (χ1) is 9.99. The third kappa shape index (κ3) is 16.9. The summed E-state index contributed by atoms with van der Waals surface area (Å²) in [6, 6.07) is 0. The monoisotopic (exact) mass is 394 g/mol. The average molecular weight is 395 g/mol. The zero-order valence-corrected chi connectivity index (χ0v) is 16.2. The lowest BCUT2D eigenvalue weighted by atomic mass is 10.1. The van der Waals surface area contributed by atoms with Gasteiger partial charge in [-0.05, 0) is 37.5 Å². The highest BCUT2D eigenvalue weighted by molar-refractivity contribution is 8.76. The second-order valence-electron chi connectivity index (χ2n) is 5.64. The largest absolute Gasteiger partial charge is 0.286 e. The van der Waals surface area contributed by atoms with E-state index < -0.39 is 20.2 Å². The molecule has 0 aromatic carbocycles. The minimum atomic E-state index is -3.85. The molecule has 0 amide bonds. The van der Waals surface area contributed by atoms with Gasteiger partial charge in [0.1, 0.15) is 0 Å². The molecule has 2 atom stereocenters. The van der Waals surface area contributed by atoms with E-state index in [1.54, 1.807) is 21.6 Å². The Balaban J connectivity index is 3.58. The predicted octanol–water partition coefficient (Wildman–Crippen LogP) is 2.98. The molecule has 0 radical (unpaired) electrons. The van der Waals surface area contributed by atoms with Gasteiger partial charge in [0.25, 0.3) is 20.2 Å². The SMILES string of the molecule is CC(CCCS(=O)(=O)O)CSSCC(C)CCCS(=O)(=O)O. The molecule has 0 aliphatic rings. The first kappa shape index (κ1) is 22.5. The lowest BCUT2D eigenvalue weighted by Crippen LogP contribution is -2.07. The smallest absolute Gasteiger partial charge is 0.264 e. The molecular weight excluding hydrogens is 368 g/mol. The molecule has 10 heteroatoms. The third-order valence-electron chi connectivity index (χ3n) is 2.99. The Hall–Kier alpha value is 0.520.